The molecule has 0 bridgehead atoms. The molecule has 0 radical (unpaired) electrons. The summed E-state index contributed by atoms with van der Waals surface area (Å²) in [7, 11) is 0. The zero-order chi connectivity index (χ0) is 8.72. The van der Waals surface area contributed by atoms with E-state index < -0.39 is 0 Å². The van der Waals surface area contributed by atoms with Crippen LogP contribution in [0.25, 0.3) is 10.9 Å². The average Bonchev–Trinajstić information content (AvgIpc) is 2.42. The van der Waals surface area contributed by atoms with Gasteiger partial charge in [-0.2, -0.15) is 5.10 Å². The number of benzene rings is 1. The first-order valence-corrected chi connectivity index (χ1v) is 4.31. The molecule has 2 rings (SSSR count). The molecule has 0 spiro atoms. The van der Waals surface area contributed by atoms with Crippen molar-refractivity contribution in [1.82, 2.24) is 10.2 Å². The number of aromatic amines is 1. The van der Waals surface area contributed by atoms with Gasteiger partial charge in [0.05, 0.1) is 15.4 Å². The van der Waals surface area contributed by atoms with Gasteiger partial charge in [0.15, 0.2) is 0 Å². The van der Waals surface area contributed by atoms with E-state index in [4.69, 9.17) is 34.8 Å². The number of aromatic nitrogens is 2. The zero-order valence-corrected chi connectivity index (χ0v) is 8.00. The number of nitrogens with one attached hydrogen (secondary N) is 1. The van der Waals surface area contributed by atoms with Crippen molar-refractivity contribution in [3.05, 3.63) is 27.3 Å². The minimum atomic E-state index is 0.414. The van der Waals surface area contributed by atoms with Gasteiger partial charge in [-0.1, -0.05) is 34.8 Å². The summed E-state index contributed by atoms with van der Waals surface area (Å²) in [5.41, 5.74) is 0.606. The van der Waals surface area contributed by atoms with Gasteiger partial charge in [-0.3, -0.25) is 5.10 Å². The van der Waals surface area contributed by atoms with Crippen molar-refractivity contribution in [2.45, 2.75) is 0 Å². The van der Waals surface area contributed by atoms with Gasteiger partial charge in [-0.15, -0.1) is 0 Å². The molecule has 5 heteroatoms. The second-order valence-corrected chi connectivity index (χ2v) is 3.48. The van der Waals surface area contributed by atoms with Crippen LogP contribution in [0.3, 0.4) is 0 Å². The second-order valence-electron chi connectivity index (χ2n) is 2.29. The van der Waals surface area contributed by atoms with Crippen LogP contribution in [0.4, 0.5) is 0 Å². The molecule has 0 atom stereocenters. The zero-order valence-electron chi connectivity index (χ0n) is 5.74. The Labute approximate surface area is 83.4 Å². The maximum Gasteiger partial charge on any atom is 0.133 e. The third kappa shape index (κ3) is 1.07. The lowest BCUT2D eigenvalue weighted by Gasteiger charge is -1.94. The largest absolute Gasteiger partial charge is 0.266 e. The van der Waals surface area contributed by atoms with Crippen LogP contribution in [0, 0.1) is 0 Å². The minimum absolute atomic E-state index is 0.414. The van der Waals surface area contributed by atoms with Gasteiger partial charge in [-0.25, -0.2) is 0 Å². The van der Waals surface area contributed by atoms with E-state index in [2.05, 4.69) is 10.2 Å². The lowest BCUT2D eigenvalue weighted by molar-refractivity contribution is 1.12. The molecule has 0 aliphatic carbocycles. The lowest BCUT2D eigenvalue weighted by Crippen LogP contribution is -1.71. The molecule has 0 aliphatic rings. The van der Waals surface area contributed by atoms with Crippen molar-refractivity contribution in [1.29, 1.82) is 0 Å². The Morgan fingerprint density at radius 1 is 1.08 bits per heavy atom. The fourth-order valence-corrected chi connectivity index (χ4v) is 1.75. The number of halogens is 3. The summed E-state index contributed by atoms with van der Waals surface area (Å²) in [6, 6.07) is 3.37. The van der Waals surface area contributed by atoms with E-state index in [9.17, 15) is 0 Å². The van der Waals surface area contributed by atoms with Gasteiger partial charge in [-0.05, 0) is 12.1 Å². The molecule has 0 unspecified atom stereocenters. The Morgan fingerprint density at radius 3 is 2.42 bits per heavy atom. The molecule has 12 heavy (non-hydrogen) atoms. The topological polar surface area (TPSA) is 28.7 Å². The van der Waals surface area contributed by atoms with E-state index >= 15 is 0 Å². The SMILES string of the molecule is Clc1ccc(Cl)c2c(Cl)[nH]nc12. The van der Waals surface area contributed by atoms with E-state index in [0.29, 0.717) is 26.1 Å². The summed E-state index contributed by atoms with van der Waals surface area (Å²) < 4.78 is 0. The van der Waals surface area contributed by atoms with E-state index in [1.807, 2.05) is 0 Å². The number of nitrogens with zero attached hydrogens (tertiary/aromatic N) is 1. The van der Waals surface area contributed by atoms with Crippen LogP contribution in [0.2, 0.25) is 15.2 Å². The smallest absolute Gasteiger partial charge is 0.133 e. The van der Waals surface area contributed by atoms with E-state index in [1.165, 1.54) is 0 Å². The number of hydrogen-bond donors (Lipinski definition) is 1. The second kappa shape index (κ2) is 2.80. The normalized spacial score (nSPS) is 10.9. The molecule has 2 nitrogen and oxygen atoms in total. The van der Waals surface area contributed by atoms with Gasteiger partial charge in [0, 0.05) is 0 Å². The van der Waals surface area contributed by atoms with Crippen LogP contribution in [0.5, 0.6) is 0 Å². The maximum absolute atomic E-state index is 5.87. The van der Waals surface area contributed by atoms with Crippen molar-refractivity contribution in [3.8, 4) is 0 Å². The minimum Gasteiger partial charge on any atom is -0.266 e. The standard InChI is InChI=1S/C7H3Cl3N2/c8-3-1-2-4(9)6-5(3)7(10)12-11-6/h1-2H,(H,11,12). The highest BCUT2D eigenvalue weighted by atomic mass is 35.5. The van der Waals surface area contributed by atoms with Gasteiger partial charge in [0.1, 0.15) is 10.7 Å². The number of rotatable bonds is 0. The van der Waals surface area contributed by atoms with Crippen molar-refractivity contribution in [2.75, 3.05) is 0 Å². The summed E-state index contributed by atoms with van der Waals surface area (Å²) in [6.45, 7) is 0. The molecule has 2 aromatic rings. The summed E-state index contributed by atoms with van der Waals surface area (Å²) in [6.07, 6.45) is 0. The van der Waals surface area contributed by atoms with Gasteiger partial charge in [0.25, 0.3) is 0 Å². The Kier molecular flexibility index (Phi) is 1.91. The highest BCUT2D eigenvalue weighted by Crippen LogP contribution is 2.32. The first kappa shape index (κ1) is 8.17. The predicted molar refractivity (Wildman–Crippen MR) is 51.1 cm³/mol. The maximum atomic E-state index is 5.87. The Bertz CT molecular complexity index is 435. The molecule has 0 aliphatic heterocycles. The average molecular weight is 221 g/mol. The first-order chi connectivity index (χ1) is 5.70. The van der Waals surface area contributed by atoms with Crippen LogP contribution < -0.4 is 0 Å². The fraction of sp³-hybridized carbons (Fsp3) is 0. The van der Waals surface area contributed by atoms with Crippen LogP contribution in [-0.4, -0.2) is 10.2 Å². The molecule has 62 valence electrons. The Hall–Kier alpha value is -0.440. The van der Waals surface area contributed by atoms with E-state index in [1.54, 1.807) is 12.1 Å². The summed E-state index contributed by atoms with van der Waals surface area (Å²) in [5, 5.41) is 8.69. The third-order valence-corrected chi connectivity index (χ3v) is 2.46. The molecule has 1 aromatic heterocycles. The number of hydrogen-bond acceptors (Lipinski definition) is 1. The van der Waals surface area contributed by atoms with Crippen molar-refractivity contribution < 1.29 is 0 Å². The monoisotopic (exact) mass is 220 g/mol. The molecular formula is C7H3Cl3N2. The quantitative estimate of drug-likeness (QED) is 0.724. The Balaban J connectivity index is 2.98. The molecule has 0 amide bonds. The van der Waals surface area contributed by atoms with E-state index in [-0.39, 0.29) is 0 Å². The molecule has 0 saturated carbocycles. The molecule has 1 N–H and O–H groups in total. The predicted octanol–water partition coefficient (Wildman–Crippen LogP) is 3.52. The summed E-state index contributed by atoms with van der Waals surface area (Å²) in [5.74, 6) is 0. The third-order valence-electron chi connectivity index (χ3n) is 1.56. The number of fused-ring (bicyclic) bond motifs is 1. The number of H-pyrrole nitrogens is 1. The Morgan fingerprint density at radius 2 is 1.75 bits per heavy atom. The van der Waals surface area contributed by atoms with Crippen LogP contribution in [0.15, 0.2) is 12.1 Å². The molecule has 1 aromatic carbocycles. The lowest BCUT2D eigenvalue weighted by atomic mass is 10.2. The highest BCUT2D eigenvalue weighted by molar-refractivity contribution is 6.44. The molecule has 1 heterocycles. The molecular weight excluding hydrogens is 218 g/mol. The first-order valence-electron chi connectivity index (χ1n) is 3.17. The van der Waals surface area contributed by atoms with Crippen molar-refractivity contribution in [3.63, 3.8) is 0 Å². The van der Waals surface area contributed by atoms with E-state index in [0.717, 1.165) is 0 Å². The molecule has 0 fully saturated rings. The van der Waals surface area contributed by atoms with Crippen molar-refractivity contribution >= 4 is 45.7 Å². The molecule has 0 saturated heterocycles. The van der Waals surface area contributed by atoms with Crippen LogP contribution >= 0.6 is 34.8 Å². The highest BCUT2D eigenvalue weighted by Gasteiger charge is 2.09. The van der Waals surface area contributed by atoms with Gasteiger partial charge < -0.3 is 0 Å². The fourth-order valence-electron chi connectivity index (χ4n) is 1.02. The van der Waals surface area contributed by atoms with Crippen LogP contribution in [0.1, 0.15) is 0 Å². The summed E-state index contributed by atoms with van der Waals surface area (Å²) in [4.78, 5) is 0. The van der Waals surface area contributed by atoms with Crippen LogP contribution in [-0.2, 0) is 0 Å². The van der Waals surface area contributed by atoms with Crippen molar-refractivity contribution in [2.24, 2.45) is 0 Å². The van der Waals surface area contributed by atoms with Gasteiger partial charge >= 0.3 is 0 Å². The van der Waals surface area contributed by atoms with Gasteiger partial charge in [0.2, 0.25) is 0 Å². The summed E-state index contributed by atoms with van der Waals surface area (Å²) >= 11 is 17.5.